The van der Waals surface area contributed by atoms with Gasteiger partial charge in [-0.1, -0.05) is 6.92 Å². The molecule has 0 amide bonds. The molecule has 0 N–H and O–H groups in total. The average molecular weight is 174 g/mol. The summed E-state index contributed by atoms with van der Waals surface area (Å²) < 4.78 is 11.1. The van der Waals surface area contributed by atoms with Crippen molar-refractivity contribution in [1.29, 1.82) is 0 Å². The second-order valence-corrected chi connectivity index (χ2v) is 3.60. The van der Waals surface area contributed by atoms with Gasteiger partial charge >= 0.3 is 0 Å². The molecular weight excluding hydrogens is 152 g/mol. The van der Waals surface area contributed by atoms with E-state index in [1.807, 2.05) is 13.8 Å². The average Bonchev–Trinajstić information content (AvgIpc) is 1.97. The maximum absolute atomic E-state index is 5.62. The maximum atomic E-state index is 5.62. The van der Waals surface area contributed by atoms with E-state index in [4.69, 9.17) is 9.47 Å². The summed E-state index contributed by atoms with van der Waals surface area (Å²) in [5, 5.41) is 0. The zero-order valence-electron chi connectivity index (χ0n) is 8.96. The number of rotatable bonds is 6. The molecule has 0 fully saturated rings. The first-order valence-electron chi connectivity index (χ1n) is 4.83. The van der Waals surface area contributed by atoms with Crippen LogP contribution in [0.5, 0.6) is 0 Å². The van der Waals surface area contributed by atoms with Gasteiger partial charge in [0.05, 0.1) is 24.9 Å². The fourth-order valence-electron chi connectivity index (χ4n) is 0.938. The van der Waals surface area contributed by atoms with Gasteiger partial charge in [-0.05, 0) is 34.1 Å². The molecule has 74 valence electrons. The summed E-state index contributed by atoms with van der Waals surface area (Å²) >= 11 is 0. The normalized spacial score (nSPS) is 14.2. The maximum Gasteiger partial charge on any atom is 0.0809 e. The van der Waals surface area contributed by atoms with E-state index in [2.05, 4.69) is 20.8 Å². The monoisotopic (exact) mass is 174 g/mol. The van der Waals surface area contributed by atoms with Crippen molar-refractivity contribution in [3.63, 3.8) is 0 Å². The highest BCUT2D eigenvalue weighted by Gasteiger charge is 2.09. The van der Waals surface area contributed by atoms with Crippen LogP contribution in [-0.4, -0.2) is 24.9 Å². The van der Waals surface area contributed by atoms with E-state index in [-0.39, 0.29) is 6.10 Å². The van der Waals surface area contributed by atoms with Crippen LogP contribution < -0.4 is 0 Å². The van der Waals surface area contributed by atoms with Crippen LogP contribution in [0.3, 0.4) is 0 Å². The quantitative estimate of drug-likeness (QED) is 0.616. The number of hydrogen-bond acceptors (Lipinski definition) is 2. The van der Waals surface area contributed by atoms with Gasteiger partial charge in [0.1, 0.15) is 0 Å². The van der Waals surface area contributed by atoms with Crippen molar-refractivity contribution in [1.82, 2.24) is 0 Å². The van der Waals surface area contributed by atoms with Crippen LogP contribution in [0.2, 0.25) is 0 Å². The van der Waals surface area contributed by atoms with Crippen LogP contribution in [-0.2, 0) is 9.47 Å². The van der Waals surface area contributed by atoms with E-state index in [1.165, 1.54) is 0 Å². The molecule has 0 heterocycles. The molecule has 2 nitrogen and oxygen atoms in total. The molecule has 0 aliphatic heterocycles. The Morgan fingerprint density at radius 3 is 1.92 bits per heavy atom. The van der Waals surface area contributed by atoms with Gasteiger partial charge in [0.25, 0.3) is 0 Å². The lowest BCUT2D eigenvalue weighted by atomic mass is 10.3. The molecule has 0 aliphatic carbocycles. The zero-order chi connectivity index (χ0) is 9.56. The lowest BCUT2D eigenvalue weighted by Crippen LogP contribution is -2.24. The molecule has 0 radical (unpaired) electrons. The molecule has 0 spiro atoms. The lowest BCUT2D eigenvalue weighted by molar-refractivity contribution is -0.0593. The molecule has 0 aromatic carbocycles. The highest BCUT2D eigenvalue weighted by molar-refractivity contribution is 4.56. The minimum absolute atomic E-state index is 0.257. The van der Waals surface area contributed by atoms with E-state index < -0.39 is 0 Å². The number of hydrogen-bond donors (Lipinski definition) is 0. The minimum Gasteiger partial charge on any atom is -0.376 e. The van der Waals surface area contributed by atoms with Gasteiger partial charge in [-0.25, -0.2) is 0 Å². The standard InChI is InChI=1S/C10H22O2/c1-6-10(12-9(4)5)7-11-8(2)3/h8-10H,6-7H2,1-5H3/t10-/m0/s1. The van der Waals surface area contributed by atoms with Crippen molar-refractivity contribution in [3.8, 4) is 0 Å². The summed E-state index contributed by atoms with van der Waals surface area (Å²) in [6.07, 6.45) is 1.87. The predicted octanol–water partition coefficient (Wildman–Crippen LogP) is 2.62. The van der Waals surface area contributed by atoms with Crippen molar-refractivity contribution in [3.05, 3.63) is 0 Å². The van der Waals surface area contributed by atoms with Gasteiger partial charge in [-0.3, -0.25) is 0 Å². The zero-order valence-corrected chi connectivity index (χ0v) is 8.96. The summed E-state index contributed by atoms with van der Waals surface area (Å²) in [6.45, 7) is 11.0. The lowest BCUT2D eigenvalue weighted by Gasteiger charge is -2.20. The highest BCUT2D eigenvalue weighted by Crippen LogP contribution is 2.04. The first-order valence-corrected chi connectivity index (χ1v) is 4.83. The summed E-state index contributed by atoms with van der Waals surface area (Å²) in [7, 11) is 0. The van der Waals surface area contributed by atoms with Crippen LogP contribution >= 0.6 is 0 Å². The summed E-state index contributed by atoms with van der Waals surface area (Å²) in [4.78, 5) is 0. The van der Waals surface area contributed by atoms with Crippen molar-refractivity contribution < 1.29 is 9.47 Å². The minimum atomic E-state index is 0.257. The van der Waals surface area contributed by atoms with Crippen molar-refractivity contribution in [2.75, 3.05) is 6.61 Å². The Morgan fingerprint density at radius 2 is 1.58 bits per heavy atom. The van der Waals surface area contributed by atoms with E-state index in [0.717, 1.165) is 6.42 Å². The predicted molar refractivity (Wildman–Crippen MR) is 51.4 cm³/mol. The second kappa shape index (κ2) is 6.44. The molecule has 0 saturated carbocycles. The number of ether oxygens (including phenoxy) is 2. The molecular formula is C10H22O2. The fourth-order valence-corrected chi connectivity index (χ4v) is 0.938. The first-order chi connectivity index (χ1) is 5.56. The highest BCUT2D eigenvalue weighted by atomic mass is 16.5. The van der Waals surface area contributed by atoms with Gasteiger partial charge in [-0.2, -0.15) is 0 Å². The summed E-state index contributed by atoms with van der Waals surface area (Å²) in [5.74, 6) is 0. The second-order valence-electron chi connectivity index (χ2n) is 3.60. The molecule has 1 atom stereocenters. The van der Waals surface area contributed by atoms with Crippen LogP contribution in [0.1, 0.15) is 41.0 Å². The Hall–Kier alpha value is -0.0800. The topological polar surface area (TPSA) is 18.5 Å². The van der Waals surface area contributed by atoms with E-state index in [1.54, 1.807) is 0 Å². The summed E-state index contributed by atoms with van der Waals surface area (Å²) in [6, 6.07) is 0. The van der Waals surface area contributed by atoms with Crippen molar-refractivity contribution in [2.45, 2.75) is 59.4 Å². The molecule has 0 aromatic heterocycles. The molecule has 0 unspecified atom stereocenters. The molecule has 0 bridgehead atoms. The van der Waals surface area contributed by atoms with E-state index >= 15 is 0 Å². The van der Waals surface area contributed by atoms with E-state index in [9.17, 15) is 0 Å². The molecule has 0 aromatic rings. The Kier molecular flexibility index (Phi) is 6.39. The van der Waals surface area contributed by atoms with Gasteiger partial charge < -0.3 is 9.47 Å². The van der Waals surface area contributed by atoms with Crippen LogP contribution in [0.25, 0.3) is 0 Å². The smallest absolute Gasteiger partial charge is 0.0809 e. The third-order valence-corrected chi connectivity index (χ3v) is 1.54. The fraction of sp³-hybridized carbons (Fsp3) is 1.00. The van der Waals surface area contributed by atoms with Crippen LogP contribution in [0, 0.1) is 0 Å². The molecule has 2 heteroatoms. The van der Waals surface area contributed by atoms with Gasteiger partial charge in [0.15, 0.2) is 0 Å². The SMILES string of the molecule is CC[C@@H](COC(C)C)OC(C)C. The van der Waals surface area contributed by atoms with Gasteiger partial charge in [-0.15, -0.1) is 0 Å². The van der Waals surface area contributed by atoms with Crippen molar-refractivity contribution >= 4 is 0 Å². The molecule has 0 rings (SSSR count). The van der Waals surface area contributed by atoms with Crippen molar-refractivity contribution in [2.24, 2.45) is 0 Å². The van der Waals surface area contributed by atoms with Crippen LogP contribution in [0.15, 0.2) is 0 Å². The van der Waals surface area contributed by atoms with E-state index in [0.29, 0.717) is 18.8 Å². The largest absolute Gasteiger partial charge is 0.376 e. The Balaban J connectivity index is 3.53. The first kappa shape index (κ1) is 11.9. The van der Waals surface area contributed by atoms with Gasteiger partial charge in [0.2, 0.25) is 0 Å². The Labute approximate surface area is 76.3 Å². The summed E-state index contributed by atoms with van der Waals surface area (Å²) in [5.41, 5.74) is 0. The third-order valence-electron chi connectivity index (χ3n) is 1.54. The van der Waals surface area contributed by atoms with Gasteiger partial charge in [0, 0.05) is 0 Å². The Bertz CT molecular complexity index is 100. The third kappa shape index (κ3) is 6.62. The molecule has 0 aliphatic rings. The molecule has 12 heavy (non-hydrogen) atoms. The molecule has 0 saturated heterocycles. The van der Waals surface area contributed by atoms with Crippen LogP contribution in [0.4, 0.5) is 0 Å². The Morgan fingerprint density at radius 1 is 1.00 bits per heavy atom.